The Morgan fingerprint density at radius 3 is 2.46 bits per heavy atom. The van der Waals surface area contributed by atoms with Gasteiger partial charge in [-0.2, -0.15) is 0 Å². The van der Waals surface area contributed by atoms with Gasteiger partial charge in [-0.15, -0.1) is 0 Å². The minimum atomic E-state index is -0.0951. The first kappa shape index (κ1) is 17.9. The molecule has 136 valence electrons. The predicted molar refractivity (Wildman–Crippen MR) is 97.9 cm³/mol. The van der Waals surface area contributed by atoms with Crippen LogP contribution in [0.1, 0.15) is 24.0 Å². The van der Waals surface area contributed by atoms with Gasteiger partial charge < -0.3 is 15.0 Å². The summed E-state index contributed by atoms with van der Waals surface area (Å²) >= 11 is 0. The summed E-state index contributed by atoms with van der Waals surface area (Å²) in [7, 11) is 1.63. The fourth-order valence-electron chi connectivity index (χ4n) is 3.39. The second kappa shape index (κ2) is 7.99. The summed E-state index contributed by atoms with van der Waals surface area (Å²) in [5.41, 5.74) is 2.03. The Hall–Kier alpha value is -2.89. The minimum absolute atomic E-state index is 0.0579. The van der Waals surface area contributed by atoms with Gasteiger partial charge in [0.1, 0.15) is 5.75 Å². The van der Waals surface area contributed by atoms with Gasteiger partial charge in [-0.1, -0.05) is 12.1 Å². The van der Waals surface area contributed by atoms with Crippen LogP contribution in [0, 0.1) is 0 Å². The molecule has 1 aliphatic heterocycles. The van der Waals surface area contributed by atoms with Gasteiger partial charge in [0, 0.05) is 38.3 Å². The quantitative estimate of drug-likeness (QED) is 0.889. The van der Waals surface area contributed by atoms with E-state index in [9.17, 15) is 9.59 Å². The molecule has 3 rings (SSSR count). The van der Waals surface area contributed by atoms with Crippen molar-refractivity contribution < 1.29 is 14.3 Å². The van der Waals surface area contributed by atoms with Crippen LogP contribution < -0.4 is 10.1 Å². The van der Waals surface area contributed by atoms with Gasteiger partial charge in [0.15, 0.2) is 0 Å². The predicted octanol–water partition coefficient (Wildman–Crippen LogP) is 1.76. The van der Waals surface area contributed by atoms with E-state index in [-0.39, 0.29) is 23.8 Å². The second-order valence-electron chi connectivity index (χ2n) is 6.52. The van der Waals surface area contributed by atoms with Gasteiger partial charge in [-0.3, -0.25) is 14.6 Å². The molecule has 0 bridgehead atoms. The number of hydrogen-bond donors (Lipinski definition) is 1. The molecule has 2 atom stereocenters. The minimum Gasteiger partial charge on any atom is -0.497 e. The van der Waals surface area contributed by atoms with Crippen molar-refractivity contribution in [2.45, 2.75) is 25.3 Å². The zero-order valence-corrected chi connectivity index (χ0v) is 15.0. The SMILES string of the molecule is COc1ccc(C2CN(C(=O)Cc3ccncc3)CC2NC(C)=O)cc1. The molecule has 6 heteroatoms. The molecule has 1 aromatic carbocycles. The van der Waals surface area contributed by atoms with Crippen molar-refractivity contribution in [2.75, 3.05) is 20.2 Å². The molecule has 2 amide bonds. The Morgan fingerprint density at radius 1 is 1.15 bits per heavy atom. The van der Waals surface area contributed by atoms with E-state index in [1.165, 1.54) is 6.92 Å². The van der Waals surface area contributed by atoms with Crippen molar-refractivity contribution in [3.63, 3.8) is 0 Å². The highest BCUT2D eigenvalue weighted by atomic mass is 16.5. The summed E-state index contributed by atoms with van der Waals surface area (Å²) in [6.45, 7) is 2.61. The molecule has 1 aliphatic rings. The third kappa shape index (κ3) is 4.20. The summed E-state index contributed by atoms with van der Waals surface area (Å²) in [6.07, 6.45) is 3.71. The molecule has 1 aromatic heterocycles. The number of likely N-dealkylation sites (tertiary alicyclic amines) is 1. The first-order valence-corrected chi connectivity index (χ1v) is 8.64. The highest BCUT2D eigenvalue weighted by Gasteiger charge is 2.36. The van der Waals surface area contributed by atoms with Crippen LogP contribution >= 0.6 is 0 Å². The van der Waals surface area contributed by atoms with Crippen LogP contribution in [0.2, 0.25) is 0 Å². The highest BCUT2D eigenvalue weighted by Crippen LogP contribution is 2.29. The van der Waals surface area contributed by atoms with Crippen molar-refractivity contribution >= 4 is 11.8 Å². The maximum atomic E-state index is 12.7. The number of benzene rings is 1. The lowest BCUT2D eigenvalue weighted by atomic mass is 9.94. The number of rotatable bonds is 5. The third-order valence-corrected chi connectivity index (χ3v) is 4.71. The number of carbonyl (C=O) groups is 2. The molecule has 0 saturated carbocycles. The zero-order valence-electron chi connectivity index (χ0n) is 15.0. The third-order valence-electron chi connectivity index (χ3n) is 4.71. The molecule has 0 spiro atoms. The second-order valence-corrected chi connectivity index (χ2v) is 6.52. The molecule has 0 aliphatic carbocycles. The van der Waals surface area contributed by atoms with Crippen LogP contribution in [0.4, 0.5) is 0 Å². The van der Waals surface area contributed by atoms with Crippen molar-refractivity contribution in [1.82, 2.24) is 15.2 Å². The maximum absolute atomic E-state index is 12.7. The van der Waals surface area contributed by atoms with Crippen molar-refractivity contribution in [3.8, 4) is 5.75 Å². The van der Waals surface area contributed by atoms with Crippen molar-refractivity contribution in [1.29, 1.82) is 0 Å². The highest BCUT2D eigenvalue weighted by molar-refractivity contribution is 5.80. The molecule has 1 N–H and O–H groups in total. The molecule has 1 saturated heterocycles. The number of pyridine rings is 1. The molecule has 6 nitrogen and oxygen atoms in total. The van der Waals surface area contributed by atoms with Crippen molar-refractivity contribution in [3.05, 3.63) is 59.9 Å². The number of amides is 2. The van der Waals surface area contributed by atoms with Crippen LogP contribution in [0.5, 0.6) is 5.75 Å². The number of carbonyl (C=O) groups excluding carboxylic acids is 2. The molecular formula is C20H23N3O3. The van der Waals surface area contributed by atoms with Gasteiger partial charge >= 0.3 is 0 Å². The van der Waals surface area contributed by atoms with E-state index in [1.807, 2.05) is 41.3 Å². The summed E-state index contributed by atoms with van der Waals surface area (Å²) in [4.78, 5) is 30.1. The largest absolute Gasteiger partial charge is 0.497 e. The van der Waals surface area contributed by atoms with Crippen LogP contribution in [0.15, 0.2) is 48.8 Å². The molecule has 0 radical (unpaired) electrons. The first-order chi connectivity index (χ1) is 12.6. The van der Waals surface area contributed by atoms with E-state index >= 15 is 0 Å². The molecular weight excluding hydrogens is 330 g/mol. The fraction of sp³-hybridized carbons (Fsp3) is 0.350. The van der Waals surface area contributed by atoms with Gasteiger partial charge in [-0.25, -0.2) is 0 Å². The molecule has 1 fully saturated rings. The average Bonchev–Trinajstić information content (AvgIpc) is 3.06. The summed E-state index contributed by atoms with van der Waals surface area (Å²) in [5, 5.41) is 2.99. The lowest BCUT2D eigenvalue weighted by Crippen LogP contribution is -2.39. The maximum Gasteiger partial charge on any atom is 0.227 e. The fourth-order valence-corrected chi connectivity index (χ4v) is 3.39. The number of aromatic nitrogens is 1. The molecule has 2 unspecified atom stereocenters. The Morgan fingerprint density at radius 2 is 1.85 bits per heavy atom. The Bertz CT molecular complexity index is 762. The van der Waals surface area contributed by atoms with E-state index in [1.54, 1.807) is 19.5 Å². The molecule has 2 heterocycles. The van der Waals surface area contributed by atoms with Crippen molar-refractivity contribution in [2.24, 2.45) is 0 Å². The number of methoxy groups -OCH3 is 1. The van der Waals surface area contributed by atoms with E-state index in [0.29, 0.717) is 19.5 Å². The number of hydrogen-bond acceptors (Lipinski definition) is 4. The Labute approximate surface area is 153 Å². The summed E-state index contributed by atoms with van der Waals surface area (Å²) in [5.74, 6) is 0.819. The van der Waals surface area contributed by atoms with Gasteiger partial charge in [-0.05, 0) is 35.4 Å². The van der Waals surface area contributed by atoms with Gasteiger partial charge in [0.05, 0.1) is 19.6 Å². The van der Waals surface area contributed by atoms with Crippen LogP contribution in [-0.2, 0) is 16.0 Å². The molecule has 26 heavy (non-hydrogen) atoms. The standard InChI is InChI=1S/C20H23N3O3/c1-14(24)22-19-13-23(20(25)11-15-7-9-21-10-8-15)12-18(19)16-3-5-17(26-2)6-4-16/h3-10,18-19H,11-13H2,1-2H3,(H,22,24). The normalized spacial score (nSPS) is 19.2. The lowest BCUT2D eigenvalue weighted by molar-refractivity contribution is -0.129. The number of nitrogens with one attached hydrogen (secondary N) is 1. The first-order valence-electron chi connectivity index (χ1n) is 8.64. The molecule has 2 aromatic rings. The monoisotopic (exact) mass is 353 g/mol. The summed E-state index contributed by atoms with van der Waals surface area (Å²) in [6, 6.07) is 11.4. The van der Waals surface area contributed by atoms with Gasteiger partial charge in [0.2, 0.25) is 11.8 Å². The van der Waals surface area contributed by atoms with E-state index in [2.05, 4.69) is 10.3 Å². The topological polar surface area (TPSA) is 71.5 Å². The van der Waals surface area contributed by atoms with Gasteiger partial charge in [0.25, 0.3) is 0 Å². The Kier molecular flexibility index (Phi) is 5.51. The van der Waals surface area contributed by atoms with Crippen LogP contribution in [0.3, 0.4) is 0 Å². The van der Waals surface area contributed by atoms with Crippen LogP contribution in [-0.4, -0.2) is 47.9 Å². The van der Waals surface area contributed by atoms with E-state index in [0.717, 1.165) is 16.9 Å². The summed E-state index contributed by atoms with van der Waals surface area (Å²) < 4.78 is 5.21. The Balaban J connectivity index is 1.75. The van der Waals surface area contributed by atoms with Crippen LogP contribution in [0.25, 0.3) is 0 Å². The zero-order chi connectivity index (χ0) is 18.5. The number of nitrogens with zero attached hydrogens (tertiary/aromatic N) is 2. The van der Waals surface area contributed by atoms with E-state index < -0.39 is 0 Å². The van der Waals surface area contributed by atoms with E-state index in [4.69, 9.17) is 4.74 Å². The smallest absolute Gasteiger partial charge is 0.227 e. The average molecular weight is 353 g/mol. The number of ether oxygens (including phenoxy) is 1. The lowest BCUT2D eigenvalue weighted by Gasteiger charge is -2.19.